The van der Waals surface area contributed by atoms with Gasteiger partial charge in [0, 0.05) is 23.7 Å². The van der Waals surface area contributed by atoms with Crippen molar-refractivity contribution in [1.29, 1.82) is 0 Å². The first-order valence-electron chi connectivity index (χ1n) is 9.53. The molecule has 3 N–H and O–H groups in total. The highest BCUT2D eigenvalue weighted by molar-refractivity contribution is 5.97. The van der Waals surface area contributed by atoms with Crippen molar-refractivity contribution in [2.24, 2.45) is 11.7 Å². The highest BCUT2D eigenvalue weighted by Crippen LogP contribution is 2.54. The van der Waals surface area contributed by atoms with Crippen molar-refractivity contribution in [3.05, 3.63) is 58.9 Å². The molecule has 0 bridgehead atoms. The second kappa shape index (κ2) is 8.12. The Morgan fingerprint density at radius 2 is 1.88 bits per heavy atom. The number of anilines is 1. The van der Waals surface area contributed by atoms with Gasteiger partial charge in [0.15, 0.2) is 17.2 Å². The van der Waals surface area contributed by atoms with Crippen LogP contribution in [-0.4, -0.2) is 34.7 Å². The number of halogens is 5. The number of benzene rings is 1. The largest absolute Gasteiger partial charge is 0.417 e. The highest BCUT2D eigenvalue weighted by atomic mass is 19.4. The fourth-order valence-electron chi connectivity index (χ4n) is 3.91. The van der Waals surface area contributed by atoms with Crippen molar-refractivity contribution in [2.75, 3.05) is 5.32 Å². The van der Waals surface area contributed by atoms with Gasteiger partial charge in [0.1, 0.15) is 11.8 Å². The van der Waals surface area contributed by atoms with Gasteiger partial charge in [-0.2, -0.15) is 13.2 Å². The molecular formula is C21H20F5N3O3. The number of hydrogen-bond acceptors (Lipinski definition) is 4. The van der Waals surface area contributed by atoms with Gasteiger partial charge >= 0.3 is 6.18 Å². The lowest BCUT2D eigenvalue weighted by molar-refractivity contribution is -0.272. The monoisotopic (exact) mass is 457 g/mol. The minimum atomic E-state index is -4.85. The van der Waals surface area contributed by atoms with Crippen LogP contribution in [0.2, 0.25) is 0 Å². The van der Waals surface area contributed by atoms with E-state index in [0.717, 1.165) is 25.1 Å². The Morgan fingerprint density at radius 3 is 2.47 bits per heavy atom. The van der Waals surface area contributed by atoms with Crippen molar-refractivity contribution in [3.63, 3.8) is 0 Å². The van der Waals surface area contributed by atoms with Crippen LogP contribution in [0.15, 0.2) is 30.5 Å². The van der Waals surface area contributed by atoms with Crippen LogP contribution in [0, 0.1) is 24.5 Å². The quantitative estimate of drug-likeness (QED) is 0.682. The molecule has 2 aromatic rings. The van der Waals surface area contributed by atoms with Crippen LogP contribution >= 0.6 is 0 Å². The van der Waals surface area contributed by atoms with Crippen LogP contribution < -0.4 is 11.1 Å². The van der Waals surface area contributed by atoms with Crippen LogP contribution in [0.3, 0.4) is 0 Å². The molecule has 1 aromatic carbocycles. The van der Waals surface area contributed by atoms with Crippen LogP contribution in [0.5, 0.6) is 0 Å². The third-order valence-electron chi connectivity index (χ3n) is 5.95. The smallest absolute Gasteiger partial charge is 0.364 e. The van der Waals surface area contributed by atoms with E-state index in [1.165, 1.54) is 26.1 Å². The first kappa shape index (κ1) is 23.6. The molecule has 1 aromatic heterocycles. The van der Waals surface area contributed by atoms with E-state index in [9.17, 15) is 31.5 Å². The van der Waals surface area contributed by atoms with Crippen molar-refractivity contribution < 1.29 is 36.3 Å². The van der Waals surface area contributed by atoms with Crippen LogP contribution in [-0.2, 0) is 9.53 Å². The summed E-state index contributed by atoms with van der Waals surface area (Å²) in [5, 5.41) is 2.39. The molecular weight excluding hydrogens is 437 g/mol. The van der Waals surface area contributed by atoms with E-state index < -0.39 is 53.2 Å². The van der Waals surface area contributed by atoms with Gasteiger partial charge in [-0.1, -0.05) is 13.0 Å². The molecule has 2 amide bonds. The SMILES string of the molecule is Cc1c([C@H]2[C@@H](C(=O)Nc3ccnc(C(N)=O)c3)O[C@@](C)(C(F)(F)F)[C@H]2C)ccc(F)c1F. The normalized spacial score (nSPS) is 25.6. The van der Waals surface area contributed by atoms with Crippen molar-refractivity contribution in [2.45, 2.75) is 44.6 Å². The lowest BCUT2D eigenvalue weighted by Gasteiger charge is -2.32. The summed E-state index contributed by atoms with van der Waals surface area (Å²) in [6.45, 7) is 3.27. The minimum absolute atomic E-state index is 0.0251. The zero-order chi connectivity index (χ0) is 24.0. The third-order valence-corrected chi connectivity index (χ3v) is 5.95. The number of carbonyl (C=O) groups excluding carboxylic acids is 2. The molecule has 4 atom stereocenters. The number of aromatic nitrogens is 1. The molecule has 1 saturated heterocycles. The summed E-state index contributed by atoms with van der Waals surface area (Å²) in [6.07, 6.45) is -5.35. The fraction of sp³-hybridized carbons (Fsp3) is 0.381. The molecule has 0 saturated carbocycles. The van der Waals surface area contributed by atoms with Crippen LogP contribution in [0.1, 0.15) is 41.4 Å². The number of nitrogens with one attached hydrogen (secondary N) is 1. The summed E-state index contributed by atoms with van der Waals surface area (Å²) >= 11 is 0. The maximum absolute atomic E-state index is 14.2. The average molecular weight is 457 g/mol. The molecule has 11 heteroatoms. The molecule has 0 unspecified atom stereocenters. The van der Waals surface area contributed by atoms with E-state index in [1.54, 1.807) is 0 Å². The molecule has 0 spiro atoms. The molecule has 2 heterocycles. The maximum atomic E-state index is 14.2. The second-order valence-corrected chi connectivity index (χ2v) is 7.82. The predicted molar refractivity (Wildman–Crippen MR) is 104 cm³/mol. The molecule has 0 aliphatic carbocycles. The molecule has 32 heavy (non-hydrogen) atoms. The van der Waals surface area contributed by atoms with Crippen molar-refractivity contribution in [3.8, 4) is 0 Å². The van der Waals surface area contributed by atoms with Crippen molar-refractivity contribution >= 4 is 17.5 Å². The molecule has 1 aliphatic rings. The third kappa shape index (κ3) is 3.92. The summed E-state index contributed by atoms with van der Waals surface area (Å²) < 4.78 is 74.7. The molecule has 3 rings (SSSR count). The number of rotatable bonds is 4. The highest BCUT2D eigenvalue weighted by Gasteiger charge is 2.65. The average Bonchev–Trinajstić information content (AvgIpc) is 2.99. The van der Waals surface area contributed by atoms with E-state index in [1.807, 2.05) is 0 Å². The Labute approximate surface area is 180 Å². The Morgan fingerprint density at radius 1 is 1.22 bits per heavy atom. The lowest BCUT2D eigenvalue weighted by Crippen LogP contribution is -2.47. The summed E-state index contributed by atoms with van der Waals surface area (Å²) in [6, 6.07) is 4.41. The fourth-order valence-corrected chi connectivity index (χ4v) is 3.91. The number of hydrogen-bond donors (Lipinski definition) is 2. The number of amides is 2. The zero-order valence-corrected chi connectivity index (χ0v) is 17.3. The minimum Gasteiger partial charge on any atom is -0.364 e. The predicted octanol–water partition coefficient (Wildman–Crippen LogP) is 3.85. The van der Waals surface area contributed by atoms with Gasteiger partial charge in [-0.05, 0) is 43.2 Å². The van der Waals surface area contributed by atoms with Gasteiger partial charge in [-0.25, -0.2) is 8.78 Å². The number of ether oxygens (including phenoxy) is 1. The van der Waals surface area contributed by atoms with E-state index in [-0.39, 0.29) is 22.5 Å². The number of primary amides is 1. The van der Waals surface area contributed by atoms with Crippen LogP contribution in [0.25, 0.3) is 0 Å². The summed E-state index contributed by atoms with van der Waals surface area (Å²) in [4.78, 5) is 28.0. The summed E-state index contributed by atoms with van der Waals surface area (Å²) in [5.74, 6) is -6.76. The lowest BCUT2D eigenvalue weighted by atomic mass is 9.76. The first-order valence-corrected chi connectivity index (χ1v) is 9.53. The van der Waals surface area contributed by atoms with Gasteiger partial charge in [0.2, 0.25) is 0 Å². The van der Waals surface area contributed by atoms with E-state index in [4.69, 9.17) is 10.5 Å². The Balaban J connectivity index is 2.05. The summed E-state index contributed by atoms with van der Waals surface area (Å²) in [7, 11) is 0. The molecule has 1 fully saturated rings. The number of nitrogens with two attached hydrogens (primary N) is 1. The van der Waals surface area contributed by atoms with Gasteiger partial charge < -0.3 is 15.8 Å². The first-order chi connectivity index (χ1) is 14.8. The van der Waals surface area contributed by atoms with E-state index in [0.29, 0.717) is 0 Å². The van der Waals surface area contributed by atoms with E-state index in [2.05, 4.69) is 10.3 Å². The topological polar surface area (TPSA) is 94.3 Å². The Hall–Kier alpha value is -3.08. The zero-order valence-electron chi connectivity index (χ0n) is 17.3. The van der Waals surface area contributed by atoms with Gasteiger partial charge in [0.25, 0.3) is 11.8 Å². The molecule has 172 valence electrons. The number of nitrogens with zero attached hydrogens (tertiary/aromatic N) is 1. The Bertz CT molecular complexity index is 1080. The molecule has 1 aliphatic heterocycles. The maximum Gasteiger partial charge on any atom is 0.417 e. The summed E-state index contributed by atoms with van der Waals surface area (Å²) in [5.41, 5.74) is 2.11. The van der Waals surface area contributed by atoms with Crippen molar-refractivity contribution in [1.82, 2.24) is 4.98 Å². The molecule has 6 nitrogen and oxygen atoms in total. The molecule has 0 radical (unpaired) electrons. The number of pyridine rings is 1. The van der Waals surface area contributed by atoms with Gasteiger partial charge in [-0.3, -0.25) is 14.6 Å². The Kier molecular flexibility index (Phi) is 5.98. The second-order valence-electron chi connectivity index (χ2n) is 7.82. The number of alkyl halides is 3. The van der Waals surface area contributed by atoms with Crippen LogP contribution in [0.4, 0.5) is 27.6 Å². The van der Waals surface area contributed by atoms with Gasteiger partial charge in [-0.15, -0.1) is 0 Å². The number of carbonyl (C=O) groups is 2. The van der Waals surface area contributed by atoms with E-state index >= 15 is 0 Å². The van der Waals surface area contributed by atoms with Gasteiger partial charge in [0.05, 0.1) is 0 Å². The standard InChI is InChI=1S/C21H20F5N3O3/c1-9-12(4-5-13(22)16(9)23)15-10(2)20(3,21(24,25)26)32-17(15)19(31)29-11-6-7-28-14(8-11)18(27)30/h4-8,10,15,17H,1-3H3,(H2,27,30)(H,28,29,31)/t10-,15-,17-,20+/m0/s1.